The first kappa shape index (κ1) is 19.9. The molecule has 1 heterocycles. The zero-order chi connectivity index (χ0) is 19.4. The molecule has 0 aliphatic carbocycles. The fourth-order valence-electron chi connectivity index (χ4n) is 3.18. The quantitative estimate of drug-likeness (QED) is 0.644. The fourth-order valence-corrected chi connectivity index (χ4v) is 4.94. The van der Waals surface area contributed by atoms with Crippen LogP contribution < -0.4 is 9.62 Å². The molecule has 0 spiro atoms. The predicted molar refractivity (Wildman–Crippen MR) is 111 cm³/mol. The van der Waals surface area contributed by atoms with Gasteiger partial charge in [-0.2, -0.15) is 0 Å². The second-order valence-electron chi connectivity index (χ2n) is 6.59. The smallest absolute Gasteiger partial charge is 0.264 e. The number of rotatable bonds is 7. The molecule has 144 valence electrons. The van der Waals surface area contributed by atoms with Gasteiger partial charge in [-0.1, -0.05) is 35.7 Å². The minimum atomic E-state index is -3.61. The monoisotopic (exact) mass is 450 g/mol. The highest BCUT2D eigenvalue weighted by atomic mass is 79.9. The summed E-state index contributed by atoms with van der Waals surface area (Å²) in [6, 6.07) is 11.9. The van der Waals surface area contributed by atoms with Crippen LogP contribution in [0.15, 0.2) is 51.8 Å². The van der Waals surface area contributed by atoms with E-state index in [9.17, 15) is 13.2 Å². The van der Waals surface area contributed by atoms with Crippen LogP contribution in [0.25, 0.3) is 0 Å². The molecule has 1 aliphatic rings. The van der Waals surface area contributed by atoms with Crippen LogP contribution in [0.5, 0.6) is 0 Å². The third-order valence-corrected chi connectivity index (χ3v) is 7.02. The Bertz CT molecular complexity index is 927. The Labute approximate surface area is 169 Å². The van der Waals surface area contributed by atoms with Crippen LogP contribution in [0.4, 0.5) is 5.69 Å². The number of fused-ring (bicyclic) bond motifs is 1. The molecule has 0 unspecified atom stereocenters. The molecular weight excluding hydrogens is 428 g/mol. The van der Waals surface area contributed by atoms with Crippen LogP contribution in [0.1, 0.15) is 42.1 Å². The van der Waals surface area contributed by atoms with E-state index in [1.54, 1.807) is 36.4 Å². The van der Waals surface area contributed by atoms with Gasteiger partial charge < -0.3 is 5.32 Å². The van der Waals surface area contributed by atoms with Crippen molar-refractivity contribution in [2.75, 3.05) is 17.4 Å². The van der Waals surface area contributed by atoms with E-state index in [4.69, 9.17) is 0 Å². The van der Waals surface area contributed by atoms with Gasteiger partial charge in [0.1, 0.15) is 0 Å². The Morgan fingerprint density at radius 1 is 1.15 bits per heavy atom. The first-order chi connectivity index (χ1) is 12.9. The Kier molecular flexibility index (Phi) is 6.22. The van der Waals surface area contributed by atoms with E-state index in [-0.39, 0.29) is 10.8 Å². The molecule has 1 N–H and O–H groups in total. The van der Waals surface area contributed by atoms with E-state index in [0.717, 1.165) is 29.3 Å². The van der Waals surface area contributed by atoms with Crippen molar-refractivity contribution in [1.82, 2.24) is 5.32 Å². The highest BCUT2D eigenvalue weighted by Crippen LogP contribution is 2.33. The summed E-state index contributed by atoms with van der Waals surface area (Å²) in [7, 11) is -3.61. The second kappa shape index (κ2) is 8.44. The number of amides is 1. The van der Waals surface area contributed by atoms with Gasteiger partial charge in [-0.15, -0.1) is 0 Å². The number of carbonyl (C=O) groups is 1. The number of carbonyl (C=O) groups excluding carboxylic acids is 1. The SMILES string of the molecule is CCCCCNC(=O)c1ccc2c(c1)CCN2S(=O)(=O)c1ccc(Br)cc1. The molecule has 0 saturated carbocycles. The lowest BCUT2D eigenvalue weighted by molar-refractivity contribution is 0.0953. The summed E-state index contributed by atoms with van der Waals surface area (Å²) in [4.78, 5) is 12.6. The summed E-state index contributed by atoms with van der Waals surface area (Å²) in [5.74, 6) is -0.108. The van der Waals surface area contributed by atoms with Crippen molar-refractivity contribution in [2.24, 2.45) is 0 Å². The van der Waals surface area contributed by atoms with E-state index < -0.39 is 10.0 Å². The Hall–Kier alpha value is -1.86. The molecule has 0 saturated heterocycles. The van der Waals surface area contributed by atoms with Gasteiger partial charge >= 0.3 is 0 Å². The first-order valence-electron chi connectivity index (χ1n) is 9.13. The maximum Gasteiger partial charge on any atom is 0.264 e. The van der Waals surface area contributed by atoms with Crippen molar-refractivity contribution in [3.63, 3.8) is 0 Å². The van der Waals surface area contributed by atoms with Gasteiger partial charge in [0.05, 0.1) is 10.6 Å². The third-order valence-electron chi connectivity index (χ3n) is 4.66. The van der Waals surface area contributed by atoms with Crippen molar-refractivity contribution in [2.45, 2.75) is 37.5 Å². The molecule has 0 aromatic heterocycles. The van der Waals surface area contributed by atoms with E-state index in [2.05, 4.69) is 28.2 Å². The topological polar surface area (TPSA) is 66.5 Å². The standard InChI is InChI=1S/C20H23BrN2O3S/c1-2-3-4-12-22-20(24)16-5-10-19-15(14-16)11-13-23(19)27(25,26)18-8-6-17(21)7-9-18/h5-10,14H,2-4,11-13H2,1H3,(H,22,24). The molecule has 1 amide bonds. The molecule has 0 atom stereocenters. The minimum Gasteiger partial charge on any atom is -0.352 e. The van der Waals surface area contributed by atoms with Crippen molar-refractivity contribution < 1.29 is 13.2 Å². The van der Waals surface area contributed by atoms with E-state index in [1.165, 1.54) is 4.31 Å². The molecule has 27 heavy (non-hydrogen) atoms. The lowest BCUT2D eigenvalue weighted by Gasteiger charge is -2.19. The molecule has 0 bridgehead atoms. The van der Waals surface area contributed by atoms with Crippen molar-refractivity contribution >= 4 is 37.5 Å². The molecule has 1 aliphatic heterocycles. The number of nitrogens with zero attached hydrogens (tertiary/aromatic N) is 1. The maximum atomic E-state index is 13.0. The lowest BCUT2D eigenvalue weighted by Crippen LogP contribution is -2.29. The number of unbranched alkanes of at least 4 members (excludes halogenated alkanes) is 2. The largest absolute Gasteiger partial charge is 0.352 e. The molecular formula is C20H23BrN2O3S. The average Bonchev–Trinajstić information content (AvgIpc) is 3.09. The molecule has 0 fully saturated rings. The van der Waals surface area contributed by atoms with Gasteiger partial charge in [-0.25, -0.2) is 8.42 Å². The Morgan fingerprint density at radius 2 is 1.89 bits per heavy atom. The van der Waals surface area contributed by atoms with Gasteiger partial charge in [0, 0.05) is 23.1 Å². The van der Waals surface area contributed by atoms with Crippen molar-refractivity contribution in [3.05, 3.63) is 58.1 Å². The summed E-state index contributed by atoms with van der Waals surface area (Å²) in [5, 5.41) is 2.92. The molecule has 2 aromatic rings. The first-order valence-corrected chi connectivity index (χ1v) is 11.4. The molecule has 7 heteroatoms. The normalized spacial score (nSPS) is 13.5. The third kappa shape index (κ3) is 4.35. The average molecular weight is 451 g/mol. The van der Waals surface area contributed by atoms with E-state index in [0.29, 0.717) is 30.8 Å². The van der Waals surface area contributed by atoms with E-state index >= 15 is 0 Å². The Balaban J connectivity index is 1.78. The van der Waals surface area contributed by atoms with Crippen molar-refractivity contribution in [1.29, 1.82) is 0 Å². The van der Waals surface area contributed by atoms with Gasteiger partial charge in [-0.05, 0) is 60.9 Å². The number of benzene rings is 2. The number of hydrogen-bond donors (Lipinski definition) is 1. The van der Waals surface area contributed by atoms with Gasteiger partial charge in [0.15, 0.2) is 0 Å². The van der Waals surface area contributed by atoms with E-state index in [1.807, 2.05) is 6.07 Å². The number of sulfonamides is 1. The summed E-state index contributed by atoms with van der Waals surface area (Å²) < 4.78 is 28.2. The Morgan fingerprint density at radius 3 is 2.59 bits per heavy atom. The molecule has 0 radical (unpaired) electrons. The van der Waals surface area contributed by atoms with Crippen LogP contribution in [0, 0.1) is 0 Å². The second-order valence-corrected chi connectivity index (χ2v) is 9.37. The summed E-state index contributed by atoms with van der Waals surface area (Å²) >= 11 is 3.32. The highest BCUT2D eigenvalue weighted by molar-refractivity contribution is 9.10. The summed E-state index contributed by atoms with van der Waals surface area (Å²) in [6.45, 7) is 3.17. The van der Waals surface area contributed by atoms with Gasteiger partial charge in [0.2, 0.25) is 0 Å². The number of nitrogens with one attached hydrogen (secondary N) is 1. The van der Waals surface area contributed by atoms with Crippen LogP contribution in [-0.4, -0.2) is 27.4 Å². The predicted octanol–water partition coefficient (Wildman–Crippen LogP) is 4.12. The molecule has 5 nitrogen and oxygen atoms in total. The number of anilines is 1. The number of halogens is 1. The maximum absolute atomic E-state index is 13.0. The zero-order valence-electron chi connectivity index (χ0n) is 15.2. The van der Waals surface area contributed by atoms with Crippen LogP contribution in [-0.2, 0) is 16.4 Å². The zero-order valence-corrected chi connectivity index (χ0v) is 17.6. The van der Waals surface area contributed by atoms with Crippen LogP contribution in [0.3, 0.4) is 0 Å². The summed E-state index contributed by atoms with van der Waals surface area (Å²) in [5.41, 5.74) is 2.12. The van der Waals surface area contributed by atoms with Crippen LogP contribution >= 0.6 is 15.9 Å². The highest BCUT2D eigenvalue weighted by Gasteiger charge is 2.31. The number of hydrogen-bond acceptors (Lipinski definition) is 3. The molecule has 3 rings (SSSR count). The van der Waals surface area contributed by atoms with Crippen LogP contribution in [0.2, 0.25) is 0 Å². The van der Waals surface area contributed by atoms with Crippen molar-refractivity contribution in [3.8, 4) is 0 Å². The van der Waals surface area contributed by atoms with Gasteiger partial charge in [-0.3, -0.25) is 9.10 Å². The minimum absolute atomic E-state index is 0.108. The fraction of sp³-hybridized carbons (Fsp3) is 0.350. The van der Waals surface area contributed by atoms with Gasteiger partial charge in [0.25, 0.3) is 15.9 Å². The summed E-state index contributed by atoms with van der Waals surface area (Å²) in [6.07, 6.45) is 3.76. The lowest BCUT2D eigenvalue weighted by atomic mass is 10.1. The molecule has 2 aromatic carbocycles.